The van der Waals surface area contributed by atoms with Crippen LogP contribution in [0.25, 0.3) is 11.4 Å². The molecule has 1 N–H and O–H groups in total. The number of carboxylic acids is 1. The molecule has 0 aromatic carbocycles. The summed E-state index contributed by atoms with van der Waals surface area (Å²) in [6.45, 7) is 4.83. The first-order valence-corrected chi connectivity index (χ1v) is 7.50. The van der Waals surface area contributed by atoms with Gasteiger partial charge in [-0.3, -0.25) is 4.79 Å². The highest BCUT2D eigenvalue weighted by Gasteiger charge is 2.18. The minimum absolute atomic E-state index is 0.0200. The molecule has 0 amide bonds. The zero-order chi connectivity index (χ0) is 14.5. The maximum absolute atomic E-state index is 10.7. The van der Waals surface area contributed by atoms with Crippen molar-refractivity contribution >= 4 is 17.7 Å². The lowest BCUT2D eigenvalue weighted by molar-refractivity contribution is -0.133. The Morgan fingerprint density at radius 3 is 2.90 bits per heavy atom. The first kappa shape index (κ1) is 14.6. The molecule has 0 saturated heterocycles. The number of furan rings is 1. The van der Waals surface area contributed by atoms with Crippen LogP contribution in [0.4, 0.5) is 0 Å². The molecule has 7 heteroatoms. The van der Waals surface area contributed by atoms with Crippen molar-refractivity contribution in [2.75, 3.05) is 5.75 Å². The molecule has 0 bridgehead atoms. The number of aliphatic carboxylic acids is 1. The van der Waals surface area contributed by atoms with Crippen molar-refractivity contribution < 1.29 is 14.3 Å². The van der Waals surface area contributed by atoms with Gasteiger partial charge in [-0.05, 0) is 12.5 Å². The summed E-state index contributed by atoms with van der Waals surface area (Å²) in [5.74, 6) is 0.725. The molecule has 0 unspecified atom stereocenters. The Balaban J connectivity index is 2.35. The number of thioether (sulfide) groups is 1. The fourth-order valence-electron chi connectivity index (χ4n) is 1.96. The van der Waals surface area contributed by atoms with Gasteiger partial charge in [-0.25, -0.2) is 0 Å². The van der Waals surface area contributed by atoms with E-state index in [-0.39, 0.29) is 5.75 Å². The predicted octanol–water partition coefficient (Wildman–Crippen LogP) is 2.69. The van der Waals surface area contributed by atoms with Crippen LogP contribution in [-0.2, 0) is 17.8 Å². The summed E-state index contributed by atoms with van der Waals surface area (Å²) in [6, 6.07) is 1.88. The maximum atomic E-state index is 10.7. The standard InChI is InChI=1S/C13H17N3O3S/c1-3-6-16-12(9-5-7-19-10(9)4-2)14-15-13(16)20-8-11(17)18/h5,7H,3-4,6,8H2,1-2H3,(H,17,18). The van der Waals surface area contributed by atoms with Crippen molar-refractivity contribution in [3.63, 3.8) is 0 Å². The number of nitrogens with zero attached hydrogens (tertiary/aromatic N) is 3. The molecule has 0 atom stereocenters. The highest BCUT2D eigenvalue weighted by atomic mass is 32.2. The molecule has 0 aliphatic rings. The van der Waals surface area contributed by atoms with Crippen LogP contribution in [0.2, 0.25) is 0 Å². The molecule has 2 rings (SSSR count). The normalized spacial score (nSPS) is 10.9. The molecule has 2 aromatic heterocycles. The van der Waals surface area contributed by atoms with E-state index in [2.05, 4.69) is 17.1 Å². The van der Waals surface area contributed by atoms with Gasteiger partial charge >= 0.3 is 5.97 Å². The van der Waals surface area contributed by atoms with Crippen molar-refractivity contribution in [1.82, 2.24) is 14.8 Å². The largest absolute Gasteiger partial charge is 0.481 e. The lowest BCUT2D eigenvalue weighted by Crippen LogP contribution is -2.04. The first-order chi connectivity index (χ1) is 9.67. The van der Waals surface area contributed by atoms with E-state index >= 15 is 0 Å². The quantitative estimate of drug-likeness (QED) is 0.791. The highest BCUT2D eigenvalue weighted by Crippen LogP contribution is 2.27. The first-order valence-electron chi connectivity index (χ1n) is 6.51. The SMILES string of the molecule is CCCn1c(SCC(=O)O)nnc1-c1ccoc1CC. The molecule has 0 aliphatic heterocycles. The van der Waals surface area contributed by atoms with E-state index < -0.39 is 5.97 Å². The zero-order valence-electron chi connectivity index (χ0n) is 11.5. The predicted molar refractivity (Wildman–Crippen MR) is 75.8 cm³/mol. The smallest absolute Gasteiger partial charge is 0.313 e. The molecule has 2 aromatic rings. The molecule has 0 aliphatic carbocycles. The average Bonchev–Trinajstić information content (AvgIpc) is 3.02. The zero-order valence-corrected chi connectivity index (χ0v) is 12.3. The van der Waals surface area contributed by atoms with Gasteiger partial charge in [-0.15, -0.1) is 10.2 Å². The fraction of sp³-hybridized carbons (Fsp3) is 0.462. The fourth-order valence-corrected chi connectivity index (χ4v) is 2.64. The molecule has 0 saturated carbocycles. The summed E-state index contributed by atoms with van der Waals surface area (Å²) in [6.07, 6.45) is 3.34. The van der Waals surface area contributed by atoms with E-state index in [9.17, 15) is 4.79 Å². The van der Waals surface area contributed by atoms with Crippen LogP contribution in [0.15, 0.2) is 21.9 Å². The van der Waals surface area contributed by atoms with Crippen LogP contribution in [-0.4, -0.2) is 31.6 Å². The Kier molecular flexibility index (Phi) is 4.84. The number of aryl methyl sites for hydroxylation is 1. The van der Waals surface area contributed by atoms with E-state index in [1.165, 1.54) is 11.8 Å². The Labute approximate surface area is 121 Å². The molecule has 2 heterocycles. The summed E-state index contributed by atoms with van der Waals surface area (Å²) in [7, 11) is 0. The monoisotopic (exact) mass is 295 g/mol. The van der Waals surface area contributed by atoms with Gasteiger partial charge in [0.2, 0.25) is 0 Å². The van der Waals surface area contributed by atoms with E-state index in [1.54, 1.807) is 6.26 Å². The summed E-state index contributed by atoms with van der Waals surface area (Å²) in [4.78, 5) is 10.7. The Bertz CT molecular complexity index is 591. The number of rotatable bonds is 7. The third-order valence-corrected chi connectivity index (χ3v) is 3.75. The van der Waals surface area contributed by atoms with Gasteiger partial charge in [0.15, 0.2) is 11.0 Å². The number of hydrogen-bond donors (Lipinski definition) is 1. The summed E-state index contributed by atoms with van der Waals surface area (Å²) in [5.41, 5.74) is 0.927. The maximum Gasteiger partial charge on any atom is 0.313 e. The Morgan fingerprint density at radius 1 is 1.45 bits per heavy atom. The number of aromatic nitrogens is 3. The second kappa shape index (κ2) is 6.60. The van der Waals surface area contributed by atoms with Crippen molar-refractivity contribution in [2.24, 2.45) is 0 Å². The van der Waals surface area contributed by atoms with E-state index in [1.807, 2.05) is 17.6 Å². The van der Waals surface area contributed by atoms with Crippen molar-refractivity contribution in [3.05, 3.63) is 18.1 Å². The number of carboxylic acid groups (broad SMARTS) is 1. The second-order valence-electron chi connectivity index (χ2n) is 4.25. The minimum atomic E-state index is -0.861. The van der Waals surface area contributed by atoms with Crippen molar-refractivity contribution in [1.29, 1.82) is 0 Å². The van der Waals surface area contributed by atoms with Crippen LogP contribution >= 0.6 is 11.8 Å². The molecular weight excluding hydrogens is 278 g/mol. The van der Waals surface area contributed by atoms with Gasteiger partial charge in [0.1, 0.15) is 5.76 Å². The van der Waals surface area contributed by atoms with Gasteiger partial charge in [0.25, 0.3) is 0 Å². The third kappa shape index (κ3) is 3.04. The third-order valence-electron chi connectivity index (χ3n) is 2.80. The van der Waals surface area contributed by atoms with Crippen LogP contribution in [0.3, 0.4) is 0 Å². The lowest BCUT2D eigenvalue weighted by Gasteiger charge is -2.07. The number of hydrogen-bond acceptors (Lipinski definition) is 5. The van der Waals surface area contributed by atoms with Gasteiger partial charge in [-0.2, -0.15) is 0 Å². The molecule has 0 fully saturated rings. The van der Waals surface area contributed by atoms with Crippen LogP contribution in [0, 0.1) is 0 Å². The molecular formula is C13H17N3O3S. The Hall–Kier alpha value is -1.76. The van der Waals surface area contributed by atoms with Crippen molar-refractivity contribution in [3.8, 4) is 11.4 Å². The summed E-state index contributed by atoms with van der Waals surface area (Å²) in [5, 5.41) is 17.7. The highest BCUT2D eigenvalue weighted by molar-refractivity contribution is 7.99. The van der Waals surface area contributed by atoms with Crippen LogP contribution in [0.1, 0.15) is 26.0 Å². The summed E-state index contributed by atoms with van der Waals surface area (Å²) < 4.78 is 7.38. The van der Waals surface area contributed by atoms with Gasteiger partial charge in [0.05, 0.1) is 17.6 Å². The Morgan fingerprint density at radius 2 is 2.25 bits per heavy atom. The van der Waals surface area contributed by atoms with Gasteiger partial charge in [-0.1, -0.05) is 25.6 Å². The van der Waals surface area contributed by atoms with Gasteiger partial charge < -0.3 is 14.1 Å². The van der Waals surface area contributed by atoms with E-state index in [0.717, 1.165) is 36.5 Å². The molecule has 0 spiro atoms. The number of carbonyl (C=O) groups is 1. The molecule has 108 valence electrons. The average molecular weight is 295 g/mol. The molecule has 20 heavy (non-hydrogen) atoms. The van der Waals surface area contributed by atoms with E-state index in [4.69, 9.17) is 9.52 Å². The minimum Gasteiger partial charge on any atom is -0.481 e. The van der Waals surface area contributed by atoms with Crippen molar-refractivity contribution in [2.45, 2.75) is 38.4 Å². The topological polar surface area (TPSA) is 81.2 Å². The lowest BCUT2D eigenvalue weighted by atomic mass is 10.2. The second-order valence-corrected chi connectivity index (χ2v) is 5.19. The molecule has 6 nitrogen and oxygen atoms in total. The molecule has 0 radical (unpaired) electrons. The van der Waals surface area contributed by atoms with E-state index in [0.29, 0.717) is 5.16 Å². The van der Waals surface area contributed by atoms with Crippen LogP contribution < -0.4 is 0 Å². The van der Waals surface area contributed by atoms with Gasteiger partial charge in [0, 0.05) is 13.0 Å². The van der Waals surface area contributed by atoms with Crippen LogP contribution in [0.5, 0.6) is 0 Å². The summed E-state index contributed by atoms with van der Waals surface area (Å²) >= 11 is 1.19.